The van der Waals surface area contributed by atoms with E-state index in [1.807, 2.05) is 0 Å². The second-order valence-electron chi connectivity index (χ2n) is 2.61. The van der Waals surface area contributed by atoms with Gasteiger partial charge in [-0.2, -0.15) is 0 Å². The molecule has 9 heavy (non-hydrogen) atoms. The van der Waals surface area contributed by atoms with Gasteiger partial charge in [-0.3, -0.25) is 0 Å². The van der Waals surface area contributed by atoms with Crippen LogP contribution in [0, 0.1) is 0 Å². The molecule has 1 radical (unpaired) electrons. The molecule has 1 rings (SSSR count). The molecule has 0 unspecified atom stereocenters. The fourth-order valence-corrected chi connectivity index (χ4v) is 1.13. The molecule has 0 saturated carbocycles. The number of aliphatic hydroxyl groups is 1. The quantitative estimate of drug-likeness (QED) is 0.507. The number of rotatable bonds is 0. The van der Waals surface area contributed by atoms with Crippen LogP contribution in [0.15, 0.2) is 0 Å². The van der Waals surface area contributed by atoms with E-state index >= 15 is 0 Å². The van der Waals surface area contributed by atoms with E-state index < -0.39 is 0 Å². The Morgan fingerprint density at radius 2 is 1.67 bits per heavy atom. The number of hydrogen-bond donors (Lipinski definition) is 1. The van der Waals surface area contributed by atoms with Crippen LogP contribution in [0.5, 0.6) is 0 Å². The Hall–Kier alpha value is -0.0800. The first-order chi connectivity index (χ1) is 4.39. The molecule has 0 bridgehead atoms. The first-order valence-corrected chi connectivity index (χ1v) is 3.71. The van der Waals surface area contributed by atoms with E-state index in [1.165, 1.54) is 0 Å². The Labute approximate surface area is 56.3 Å². The van der Waals surface area contributed by atoms with Crippen LogP contribution in [0.2, 0.25) is 0 Å². The van der Waals surface area contributed by atoms with E-state index in [0.29, 0.717) is 0 Å². The molecule has 1 heterocycles. The molecule has 2 heteroatoms. The van der Waals surface area contributed by atoms with Gasteiger partial charge in [0, 0.05) is 13.1 Å². The Balaban J connectivity index is 2.12. The molecule has 0 aliphatic carbocycles. The normalized spacial score (nSPS) is 25.0. The summed E-state index contributed by atoms with van der Waals surface area (Å²) in [5.74, 6) is 0. The molecule has 1 aliphatic heterocycles. The largest absolute Gasteiger partial charge is 0.393 e. The van der Waals surface area contributed by atoms with E-state index in [2.05, 4.69) is 5.32 Å². The summed E-state index contributed by atoms with van der Waals surface area (Å²) in [6.45, 7) is 1.91. The minimum Gasteiger partial charge on any atom is -0.393 e. The molecule has 0 aromatic carbocycles. The minimum atomic E-state index is -0.0412. The summed E-state index contributed by atoms with van der Waals surface area (Å²) >= 11 is 0. The molecule has 1 aliphatic rings. The van der Waals surface area contributed by atoms with Crippen LogP contribution >= 0.6 is 0 Å². The minimum absolute atomic E-state index is 0.0412. The van der Waals surface area contributed by atoms with E-state index in [-0.39, 0.29) is 6.10 Å². The fourth-order valence-electron chi connectivity index (χ4n) is 1.13. The molecular formula is C7H14NO. The number of hydrogen-bond acceptors (Lipinski definition) is 1. The van der Waals surface area contributed by atoms with Crippen molar-refractivity contribution in [1.82, 2.24) is 5.32 Å². The summed E-state index contributed by atoms with van der Waals surface area (Å²) in [5.41, 5.74) is 0. The molecule has 53 valence electrons. The Kier molecular flexibility index (Phi) is 3.01. The van der Waals surface area contributed by atoms with Crippen LogP contribution in [0.4, 0.5) is 0 Å². The third kappa shape index (κ3) is 2.82. The SMILES string of the molecule is OC1CCC[N]CCC1. The second kappa shape index (κ2) is 3.85. The zero-order valence-corrected chi connectivity index (χ0v) is 5.71. The highest BCUT2D eigenvalue weighted by Gasteiger charge is 2.06. The van der Waals surface area contributed by atoms with Crippen molar-refractivity contribution in [3.63, 3.8) is 0 Å². The average molecular weight is 128 g/mol. The maximum absolute atomic E-state index is 9.17. The first-order valence-electron chi connectivity index (χ1n) is 3.71. The van der Waals surface area contributed by atoms with Crippen LogP contribution < -0.4 is 5.32 Å². The fraction of sp³-hybridized carbons (Fsp3) is 1.00. The average Bonchev–Trinajstić information content (AvgIpc) is 1.79. The summed E-state index contributed by atoms with van der Waals surface area (Å²) in [6, 6.07) is 0. The van der Waals surface area contributed by atoms with Crippen molar-refractivity contribution in [1.29, 1.82) is 0 Å². The van der Waals surface area contributed by atoms with Crippen LogP contribution in [-0.2, 0) is 0 Å². The van der Waals surface area contributed by atoms with Gasteiger partial charge in [-0.15, -0.1) is 0 Å². The maximum Gasteiger partial charge on any atom is 0.0541 e. The van der Waals surface area contributed by atoms with Crippen molar-refractivity contribution in [2.75, 3.05) is 13.1 Å². The molecule has 0 atom stereocenters. The summed E-state index contributed by atoms with van der Waals surface area (Å²) in [5, 5.41) is 13.4. The molecule has 0 aromatic rings. The maximum atomic E-state index is 9.17. The lowest BCUT2D eigenvalue weighted by atomic mass is 10.1. The van der Waals surface area contributed by atoms with E-state index in [4.69, 9.17) is 0 Å². The second-order valence-corrected chi connectivity index (χ2v) is 2.61. The van der Waals surface area contributed by atoms with Gasteiger partial charge in [-0.25, -0.2) is 5.32 Å². The molecule has 1 N–H and O–H groups in total. The van der Waals surface area contributed by atoms with Crippen LogP contribution in [-0.4, -0.2) is 24.3 Å². The number of aliphatic hydroxyl groups excluding tert-OH is 1. The summed E-state index contributed by atoms with van der Waals surface area (Å²) in [6.07, 6.45) is 4.00. The monoisotopic (exact) mass is 128 g/mol. The zero-order chi connectivity index (χ0) is 6.53. The van der Waals surface area contributed by atoms with Crippen molar-refractivity contribution in [2.24, 2.45) is 0 Å². The van der Waals surface area contributed by atoms with Gasteiger partial charge in [-0.1, -0.05) is 0 Å². The van der Waals surface area contributed by atoms with Gasteiger partial charge in [0.1, 0.15) is 0 Å². The smallest absolute Gasteiger partial charge is 0.0541 e. The summed E-state index contributed by atoms with van der Waals surface area (Å²) in [4.78, 5) is 0. The van der Waals surface area contributed by atoms with Gasteiger partial charge in [0.25, 0.3) is 0 Å². The van der Waals surface area contributed by atoms with Crippen molar-refractivity contribution >= 4 is 0 Å². The lowest BCUT2D eigenvalue weighted by Gasteiger charge is -2.13. The lowest BCUT2D eigenvalue weighted by molar-refractivity contribution is 0.143. The van der Waals surface area contributed by atoms with Crippen molar-refractivity contribution in [2.45, 2.75) is 31.8 Å². The van der Waals surface area contributed by atoms with E-state index in [0.717, 1.165) is 38.8 Å². The van der Waals surface area contributed by atoms with Gasteiger partial charge in [0.05, 0.1) is 6.10 Å². The standard InChI is InChI=1S/C7H14NO/c9-7-3-1-5-8-6-2-4-7/h7,9H,1-6H2. The molecule has 0 amide bonds. The first kappa shape index (κ1) is 7.03. The van der Waals surface area contributed by atoms with Gasteiger partial charge in [0.15, 0.2) is 0 Å². The molecule has 1 saturated heterocycles. The van der Waals surface area contributed by atoms with Gasteiger partial charge >= 0.3 is 0 Å². The van der Waals surface area contributed by atoms with Crippen molar-refractivity contribution < 1.29 is 5.11 Å². The highest BCUT2D eigenvalue weighted by atomic mass is 16.3. The molecule has 0 spiro atoms. The molecule has 0 aromatic heterocycles. The summed E-state index contributed by atoms with van der Waals surface area (Å²) < 4.78 is 0. The van der Waals surface area contributed by atoms with E-state index in [9.17, 15) is 5.11 Å². The highest BCUT2D eigenvalue weighted by Crippen LogP contribution is 2.06. The van der Waals surface area contributed by atoms with Gasteiger partial charge in [0.2, 0.25) is 0 Å². The van der Waals surface area contributed by atoms with Gasteiger partial charge < -0.3 is 5.11 Å². The molecule has 1 fully saturated rings. The Bertz CT molecular complexity index is 67.3. The predicted octanol–water partition coefficient (Wildman–Crippen LogP) is 0.526. The van der Waals surface area contributed by atoms with Crippen LogP contribution in [0.3, 0.4) is 0 Å². The third-order valence-electron chi connectivity index (χ3n) is 1.71. The zero-order valence-electron chi connectivity index (χ0n) is 5.71. The van der Waals surface area contributed by atoms with Crippen molar-refractivity contribution in [3.8, 4) is 0 Å². The third-order valence-corrected chi connectivity index (χ3v) is 1.71. The topological polar surface area (TPSA) is 34.3 Å². The van der Waals surface area contributed by atoms with Gasteiger partial charge in [-0.05, 0) is 25.7 Å². The van der Waals surface area contributed by atoms with Crippen LogP contribution in [0.1, 0.15) is 25.7 Å². The molecule has 2 nitrogen and oxygen atoms in total. The Morgan fingerprint density at radius 3 is 2.22 bits per heavy atom. The predicted molar refractivity (Wildman–Crippen MR) is 36.3 cm³/mol. The Morgan fingerprint density at radius 1 is 1.11 bits per heavy atom. The van der Waals surface area contributed by atoms with E-state index in [1.54, 1.807) is 0 Å². The molecular weight excluding hydrogens is 114 g/mol. The lowest BCUT2D eigenvalue weighted by Crippen LogP contribution is -2.18. The number of nitrogens with zero attached hydrogens (tertiary/aromatic N) is 1. The van der Waals surface area contributed by atoms with Crippen LogP contribution in [0.25, 0.3) is 0 Å². The van der Waals surface area contributed by atoms with Crippen molar-refractivity contribution in [3.05, 3.63) is 0 Å². The summed E-state index contributed by atoms with van der Waals surface area (Å²) in [7, 11) is 0. The highest BCUT2D eigenvalue weighted by molar-refractivity contribution is 4.61.